The van der Waals surface area contributed by atoms with E-state index in [1.54, 1.807) is 0 Å². The van der Waals surface area contributed by atoms with Crippen LogP contribution in [0, 0.1) is 5.92 Å². The van der Waals surface area contributed by atoms with Crippen LogP contribution in [0.25, 0.3) is 11.4 Å². The van der Waals surface area contributed by atoms with Gasteiger partial charge < -0.3 is 15.0 Å². The number of imidazole rings is 1. The van der Waals surface area contributed by atoms with Crippen LogP contribution in [0.1, 0.15) is 32.6 Å². The summed E-state index contributed by atoms with van der Waals surface area (Å²) in [6.07, 6.45) is 8.62. The van der Waals surface area contributed by atoms with E-state index in [0.29, 0.717) is 29.3 Å². The first-order chi connectivity index (χ1) is 11.2. The molecule has 2 atom stereocenters. The molecule has 4 nitrogen and oxygen atoms in total. The van der Waals surface area contributed by atoms with Crippen LogP contribution in [0.15, 0.2) is 30.6 Å². The van der Waals surface area contributed by atoms with Crippen LogP contribution in [0.5, 0.6) is 5.75 Å². The SMILES string of the molecule is CCOc1ccc(-c2nccn2C[C@H]2CCC[C@@H](N)C2)cc1Cl. The molecule has 0 aliphatic heterocycles. The van der Waals surface area contributed by atoms with Crippen molar-refractivity contribution >= 4 is 11.6 Å². The Morgan fingerprint density at radius 3 is 3.00 bits per heavy atom. The molecular formula is C18H24ClN3O. The van der Waals surface area contributed by atoms with Gasteiger partial charge in [-0.25, -0.2) is 4.98 Å². The standard InChI is InChI=1S/C18H24ClN3O/c1-2-23-17-7-6-14(11-16(17)19)18-21-8-9-22(18)12-13-4-3-5-15(20)10-13/h6-9,11,13,15H,2-5,10,12,20H2,1H3/t13-,15+/m0/s1. The first kappa shape index (κ1) is 16.3. The second kappa shape index (κ2) is 7.37. The van der Waals surface area contributed by atoms with E-state index in [-0.39, 0.29) is 0 Å². The number of aromatic nitrogens is 2. The number of nitrogens with zero attached hydrogens (tertiary/aromatic N) is 2. The average Bonchev–Trinajstić information content (AvgIpc) is 2.97. The number of benzene rings is 1. The summed E-state index contributed by atoms with van der Waals surface area (Å²) in [5, 5.41) is 0.624. The van der Waals surface area contributed by atoms with E-state index in [1.807, 2.05) is 37.5 Å². The minimum Gasteiger partial charge on any atom is -0.492 e. The van der Waals surface area contributed by atoms with Gasteiger partial charge in [0.25, 0.3) is 0 Å². The van der Waals surface area contributed by atoms with Gasteiger partial charge in [-0.1, -0.05) is 18.0 Å². The summed E-state index contributed by atoms with van der Waals surface area (Å²) in [4.78, 5) is 4.52. The quantitative estimate of drug-likeness (QED) is 0.895. The second-order valence-electron chi connectivity index (χ2n) is 6.27. The molecule has 1 fully saturated rings. The van der Waals surface area contributed by atoms with Gasteiger partial charge in [-0.15, -0.1) is 0 Å². The number of hydrogen-bond donors (Lipinski definition) is 1. The first-order valence-electron chi connectivity index (χ1n) is 8.36. The fourth-order valence-corrected chi connectivity index (χ4v) is 3.64. The normalized spacial score (nSPS) is 21.3. The Labute approximate surface area is 142 Å². The molecule has 0 radical (unpaired) electrons. The summed E-state index contributed by atoms with van der Waals surface area (Å²) >= 11 is 6.31. The average molecular weight is 334 g/mol. The van der Waals surface area contributed by atoms with Crippen LogP contribution in [0.3, 0.4) is 0 Å². The van der Waals surface area contributed by atoms with Crippen LogP contribution in [-0.2, 0) is 6.54 Å². The van der Waals surface area contributed by atoms with E-state index in [4.69, 9.17) is 22.1 Å². The first-order valence-corrected chi connectivity index (χ1v) is 8.74. The summed E-state index contributed by atoms with van der Waals surface area (Å²) in [5.74, 6) is 2.30. The van der Waals surface area contributed by atoms with Crippen molar-refractivity contribution in [2.75, 3.05) is 6.61 Å². The van der Waals surface area contributed by atoms with Gasteiger partial charge in [0.05, 0.1) is 11.6 Å². The zero-order chi connectivity index (χ0) is 16.2. The molecular weight excluding hydrogens is 310 g/mol. The summed E-state index contributed by atoms with van der Waals surface area (Å²) in [5.41, 5.74) is 7.13. The molecule has 2 aromatic rings. The summed E-state index contributed by atoms with van der Waals surface area (Å²) in [6.45, 7) is 3.52. The Morgan fingerprint density at radius 2 is 2.26 bits per heavy atom. The van der Waals surface area contributed by atoms with Gasteiger partial charge in [0.1, 0.15) is 11.6 Å². The topological polar surface area (TPSA) is 53.1 Å². The van der Waals surface area contributed by atoms with Gasteiger partial charge in [-0.05, 0) is 50.3 Å². The zero-order valence-corrected chi connectivity index (χ0v) is 14.3. The Kier molecular flexibility index (Phi) is 5.23. The van der Waals surface area contributed by atoms with Crippen LogP contribution in [-0.4, -0.2) is 22.2 Å². The maximum Gasteiger partial charge on any atom is 0.139 e. The van der Waals surface area contributed by atoms with Crippen molar-refractivity contribution in [2.24, 2.45) is 11.7 Å². The van der Waals surface area contributed by atoms with Crippen molar-refractivity contribution in [2.45, 2.75) is 45.2 Å². The molecule has 0 unspecified atom stereocenters. The third-order valence-electron chi connectivity index (χ3n) is 4.48. The number of nitrogens with two attached hydrogens (primary N) is 1. The second-order valence-corrected chi connectivity index (χ2v) is 6.68. The molecule has 1 aromatic heterocycles. The third-order valence-corrected chi connectivity index (χ3v) is 4.78. The van der Waals surface area contributed by atoms with Crippen molar-refractivity contribution in [3.8, 4) is 17.1 Å². The molecule has 0 bridgehead atoms. The highest BCUT2D eigenvalue weighted by atomic mass is 35.5. The molecule has 5 heteroatoms. The monoisotopic (exact) mass is 333 g/mol. The molecule has 23 heavy (non-hydrogen) atoms. The smallest absolute Gasteiger partial charge is 0.139 e. The molecule has 1 aliphatic rings. The van der Waals surface area contributed by atoms with E-state index in [9.17, 15) is 0 Å². The minimum absolute atomic E-state index is 0.348. The molecule has 0 spiro atoms. The van der Waals surface area contributed by atoms with Crippen LogP contribution < -0.4 is 10.5 Å². The highest BCUT2D eigenvalue weighted by molar-refractivity contribution is 6.32. The van der Waals surface area contributed by atoms with Crippen LogP contribution in [0.2, 0.25) is 5.02 Å². The van der Waals surface area contributed by atoms with Gasteiger partial charge in [0.2, 0.25) is 0 Å². The largest absolute Gasteiger partial charge is 0.492 e. The molecule has 1 saturated carbocycles. The van der Waals surface area contributed by atoms with Crippen molar-refractivity contribution < 1.29 is 4.74 Å². The lowest BCUT2D eigenvalue weighted by Gasteiger charge is -2.27. The van der Waals surface area contributed by atoms with Gasteiger partial charge in [0, 0.05) is 30.5 Å². The number of halogens is 1. The Balaban J connectivity index is 1.79. The van der Waals surface area contributed by atoms with E-state index in [2.05, 4.69) is 9.55 Å². The number of rotatable bonds is 5. The van der Waals surface area contributed by atoms with Gasteiger partial charge in [-0.2, -0.15) is 0 Å². The van der Waals surface area contributed by atoms with E-state index >= 15 is 0 Å². The van der Waals surface area contributed by atoms with Crippen LogP contribution in [0.4, 0.5) is 0 Å². The van der Waals surface area contributed by atoms with Crippen molar-refractivity contribution in [3.63, 3.8) is 0 Å². The predicted molar refractivity (Wildman–Crippen MR) is 93.8 cm³/mol. The zero-order valence-electron chi connectivity index (χ0n) is 13.5. The van der Waals surface area contributed by atoms with E-state index in [0.717, 1.165) is 30.8 Å². The number of hydrogen-bond acceptors (Lipinski definition) is 3. The third kappa shape index (κ3) is 3.88. The van der Waals surface area contributed by atoms with Crippen LogP contribution >= 0.6 is 11.6 Å². The Hall–Kier alpha value is -1.52. The molecule has 0 saturated heterocycles. The lowest BCUT2D eigenvalue weighted by atomic mass is 9.86. The molecule has 3 rings (SSSR count). The summed E-state index contributed by atoms with van der Waals surface area (Å²) in [7, 11) is 0. The Morgan fingerprint density at radius 1 is 1.39 bits per heavy atom. The fourth-order valence-electron chi connectivity index (χ4n) is 3.41. The molecule has 124 valence electrons. The maximum atomic E-state index is 6.31. The summed E-state index contributed by atoms with van der Waals surface area (Å²) in [6, 6.07) is 6.21. The minimum atomic E-state index is 0.348. The fraction of sp³-hybridized carbons (Fsp3) is 0.500. The molecule has 0 amide bonds. The van der Waals surface area contributed by atoms with Crippen molar-refractivity contribution in [1.29, 1.82) is 0 Å². The van der Waals surface area contributed by atoms with Crippen molar-refractivity contribution in [3.05, 3.63) is 35.6 Å². The Bertz CT molecular complexity index is 655. The predicted octanol–water partition coefficient (Wildman–Crippen LogP) is 4.12. The highest BCUT2D eigenvalue weighted by Gasteiger charge is 2.20. The highest BCUT2D eigenvalue weighted by Crippen LogP contribution is 2.31. The molecule has 2 N–H and O–H groups in total. The summed E-state index contributed by atoms with van der Waals surface area (Å²) < 4.78 is 7.72. The van der Waals surface area contributed by atoms with Gasteiger partial charge >= 0.3 is 0 Å². The van der Waals surface area contributed by atoms with E-state index in [1.165, 1.54) is 12.8 Å². The lowest BCUT2D eigenvalue weighted by Crippen LogP contribution is -2.29. The molecule has 1 aromatic carbocycles. The van der Waals surface area contributed by atoms with Crippen molar-refractivity contribution in [1.82, 2.24) is 9.55 Å². The van der Waals surface area contributed by atoms with Gasteiger partial charge in [0.15, 0.2) is 0 Å². The maximum absolute atomic E-state index is 6.31. The number of ether oxygens (including phenoxy) is 1. The van der Waals surface area contributed by atoms with E-state index < -0.39 is 0 Å². The lowest BCUT2D eigenvalue weighted by molar-refractivity contribution is 0.291. The van der Waals surface area contributed by atoms with Gasteiger partial charge in [-0.3, -0.25) is 0 Å². The molecule has 1 heterocycles. The molecule has 1 aliphatic carbocycles.